The van der Waals surface area contributed by atoms with Gasteiger partial charge in [-0.3, -0.25) is 4.68 Å². The number of benzene rings is 1. The van der Waals surface area contributed by atoms with Crippen molar-refractivity contribution in [1.82, 2.24) is 9.78 Å². The number of halogens is 2. The predicted octanol–water partition coefficient (Wildman–Crippen LogP) is 3.83. The maximum absolute atomic E-state index is 10.7. The van der Waals surface area contributed by atoms with Crippen LogP contribution in [0.5, 0.6) is 0 Å². The molecule has 114 valence electrons. The van der Waals surface area contributed by atoms with Crippen molar-refractivity contribution < 1.29 is 5.11 Å². The molecule has 1 unspecified atom stereocenters. The van der Waals surface area contributed by atoms with Gasteiger partial charge in [-0.25, -0.2) is 0 Å². The first-order valence-corrected chi connectivity index (χ1v) is 7.75. The molecule has 1 heterocycles. The van der Waals surface area contributed by atoms with E-state index in [0.717, 1.165) is 23.4 Å². The van der Waals surface area contributed by atoms with Crippen LogP contribution in [0.25, 0.3) is 0 Å². The molecule has 0 saturated carbocycles. The van der Waals surface area contributed by atoms with E-state index in [1.54, 1.807) is 4.68 Å². The maximum Gasteiger partial charge on any atom is 0.0850 e. The summed E-state index contributed by atoms with van der Waals surface area (Å²) in [6, 6.07) is 7.52. The van der Waals surface area contributed by atoms with Crippen molar-refractivity contribution in [1.29, 1.82) is 0 Å². The Bertz CT molecular complexity index is 618. The van der Waals surface area contributed by atoms with Crippen molar-refractivity contribution in [2.24, 2.45) is 7.05 Å². The fourth-order valence-corrected chi connectivity index (χ4v) is 2.96. The average molecular weight is 327 g/mol. The molecule has 3 nitrogen and oxygen atoms in total. The molecule has 0 bridgehead atoms. The van der Waals surface area contributed by atoms with Crippen LogP contribution in [0.1, 0.15) is 30.8 Å². The van der Waals surface area contributed by atoms with E-state index in [9.17, 15) is 5.11 Å². The molecular weight excluding hydrogens is 307 g/mol. The molecule has 1 atom stereocenters. The monoisotopic (exact) mass is 326 g/mol. The lowest BCUT2D eigenvalue weighted by molar-refractivity contribution is 0.0589. The Kier molecular flexibility index (Phi) is 4.97. The van der Waals surface area contributed by atoms with Gasteiger partial charge in [0.2, 0.25) is 0 Å². The van der Waals surface area contributed by atoms with Crippen molar-refractivity contribution >= 4 is 23.2 Å². The molecule has 1 aromatic heterocycles. The highest BCUT2D eigenvalue weighted by Gasteiger charge is 2.26. The summed E-state index contributed by atoms with van der Waals surface area (Å²) in [5.41, 5.74) is 1.89. The number of aryl methyl sites for hydroxylation is 2. The maximum atomic E-state index is 10.7. The minimum atomic E-state index is -0.893. The fourth-order valence-electron chi connectivity index (χ4n) is 2.48. The van der Waals surface area contributed by atoms with Crippen LogP contribution in [0.4, 0.5) is 0 Å². The summed E-state index contributed by atoms with van der Waals surface area (Å²) in [7, 11) is 1.86. The molecule has 0 aliphatic carbocycles. The van der Waals surface area contributed by atoms with Gasteiger partial charge in [0.15, 0.2) is 0 Å². The molecule has 0 fully saturated rings. The van der Waals surface area contributed by atoms with E-state index < -0.39 is 5.60 Å². The molecule has 0 aliphatic rings. The van der Waals surface area contributed by atoms with Crippen molar-refractivity contribution in [2.45, 2.75) is 38.7 Å². The zero-order valence-corrected chi connectivity index (χ0v) is 14.0. The highest BCUT2D eigenvalue weighted by molar-refractivity contribution is 6.32. The van der Waals surface area contributed by atoms with E-state index in [2.05, 4.69) is 5.10 Å². The summed E-state index contributed by atoms with van der Waals surface area (Å²) in [4.78, 5) is 0. The summed E-state index contributed by atoms with van der Waals surface area (Å²) >= 11 is 12.2. The Labute approximate surface area is 135 Å². The molecular formula is C16H20Cl2N2O. The molecule has 21 heavy (non-hydrogen) atoms. The Balaban J connectivity index is 2.17. The number of rotatable bonds is 5. The quantitative estimate of drug-likeness (QED) is 0.906. The summed E-state index contributed by atoms with van der Waals surface area (Å²) < 4.78 is 1.76. The minimum absolute atomic E-state index is 0.456. The molecule has 5 heteroatoms. The predicted molar refractivity (Wildman–Crippen MR) is 87.1 cm³/mol. The highest BCUT2D eigenvalue weighted by atomic mass is 35.5. The molecule has 0 spiro atoms. The van der Waals surface area contributed by atoms with Crippen LogP contribution in [0.15, 0.2) is 24.3 Å². The molecule has 0 aliphatic heterocycles. The second-order valence-electron chi connectivity index (χ2n) is 5.66. The Morgan fingerprint density at radius 3 is 2.33 bits per heavy atom. The van der Waals surface area contributed by atoms with Crippen LogP contribution in [-0.4, -0.2) is 20.5 Å². The number of hydrogen-bond donors (Lipinski definition) is 1. The Hall–Kier alpha value is -1.03. The normalized spacial score (nSPS) is 14.2. The summed E-state index contributed by atoms with van der Waals surface area (Å²) in [5.74, 6) is 0. The number of hydrogen-bond acceptors (Lipinski definition) is 2. The standard InChI is InChI=1S/C16H20Cl2N2O/c1-4-13-15(18)14(20(3)19-13)10-16(2,21)9-11-5-7-12(17)8-6-11/h5-8,21H,4,9-10H2,1-3H3. The molecule has 0 saturated heterocycles. The van der Waals surface area contributed by atoms with Gasteiger partial charge in [0, 0.05) is 24.9 Å². The van der Waals surface area contributed by atoms with Crippen LogP contribution in [0.2, 0.25) is 10.0 Å². The van der Waals surface area contributed by atoms with Crippen molar-refractivity contribution in [2.75, 3.05) is 0 Å². The molecule has 1 aromatic carbocycles. The average Bonchev–Trinajstić information content (AvgIpc) is 2.68. The van der Waals surface area contributed by atoms with Gasteiger partial charge in [-0.05, 0) is 31.0 Å². The van der Waals surface area contributed by atoms with Crippen molar-refractivity contribution in [3.8, 4) is 0 Å². The Morgan fingerprint density at radius 2 is 1.81 bits per heavy atom. The van der Waals surface area contributed by atoms with Gasteiger partial charge >= 0.3 is 0 Å². The van der Waals surface area contributed by atoms with Gasteiger partial charge in [-0.2, -0.15) is 5.10 Å². The van der Waals surface area contributed by atoms with Crippen LogP contribution < -0.4 is 0 Å². The minimum Gasteiger partial charge on any atom is -0.389 e. The molecule has 0 amide bonds. The second kappa shape index (κ2) is 6.39. The zero-order chi connectivity index (χ0) is 15.6. The molecule has 2 aromatic rings. The van der Waals surface area contributed by atoms with E-state index in [0.29, 0.717) is 22.9 Å². The van der Waals surface area contributed by atoms with Crippen LogP contribution in [-0.2, 0) is 26.3 Å². The van der Waals surface area contributed by atoms with Crippen LogP contribution in [0.3, 0.4) is 0 Å². The topological polar surface area (TPSA) is 38.0 Å². The van der Waals surface area contributed by atoms with Crippen molar-refractivity contribution in [3.05, 3.63) is 51.3 Å². The van der Waals surface area contributed by atoms with E-state index in [1.165, 1.54) is 0 Å². The number of aliphatic hydroxyl groups is 1. The first kappa shape index (κ1) is 16.3. The summed E-state index contributed by atoms with van der Waals surface area (Å²) in [6.45, 7) is 3.83. The van der Waals surface area contributed by atoms with Gasteiger partial charge in [0.25, 0.3) is 0 Å². The summed E-state index contributed by atoms with van der Waals surface area (Å²) in [6.07, 6.45) is 1.77. The lowest BCUT2D eigenvalue weighted by Crippen LogP contribution is -2.31. The van der Waals surface area contributed by atoms with Gasteiger partial charge in [-0.1, -0.05) is 42.3 Å². The van der Waals surface area contributed by atoms with Gasteiger partial charge < -0.3 is 5.11 Å². The second-order valence-corrected chi connectivity index (χ2v) is 6.48. The third-order valence-electron chi connectivity index (χ3n) is 3.55. The first-order valence-electron chi connectivity index (χ1n) is 6.99. The summed E-state index contributed by atoms with van der Waals surface area (Å²) in [5, 5.41) is 16.4. The van der Waals surface area contributed by atoms with Gasteiger partial charge in [0.05, 0.1) is 22.0 Å². The smallest absolute Gasteiger partial charge is 0.0850 e. The zero-order valence-electron chi connectivity index (χ0n) is 12.5. The van der Waals surface area contributed by atoms with E-state index in [1.807, 2.05) is 45.2 Å². The van der Waals surface area contributed by atoms with Crippen LogP contribution >= 0.6 is 23.2 Å². The molecule has 0 radical (unpaired) electrons. The van der Waals surface area contributed by atoms with E-state index in [-0.39, 0.29) is 0 Å². The lowest BCUT2D eigenvalue weighted by Gasteiger charge is -2.23. The van der Waals surface area contributed by atoms with Gasteiger partial charge in [-0.15, -0.1) is 0 Å². The number of nitrogens with zero attached hydrogens (tertiary/aromatic N) is 2. The third kappa shape index (κ3) is 4.00. The number of aromatic nitrogens is 2. The Morgan fingerprint density at radius 1 is 1.19 bits per heavy atom. The highest BCUT2D eigenvalue weighted by Crippen LogP contribution is 2.27. The van der Waals surface area contributed by atoms with Crippen LogP contribution in [0, 0.1) is 0 Å². The van der Waals surface area contributed by atoms with E-state index >= 15 is 0 Å². The van der Waals surface area contributed by atoms with Crippen molar-refractivity contribution in [3.63, 3.8) is 0 Å². The molecule has 2 rings (SSSR count). The largest absolute Gasteiger partial charge is 0.389 e. The lowest BCUT2D eigenvalue weighted by atomic mass is 9.91. The third-order valence-corrected chi connectivity index (χ3v) is 4.24. The van der Waals surface area contributed by atoms with E-state index in [4.69, 9.17) is 23.2 Å². The molecule has 1 N–H and O–H groups in total. The first-order chi connectivity index (χ1) is 9.82. The SMILES string of the molecule is CCc1nn(C)c(CC(C)(O)Cc2ccc(Cl)cc2)c1Cl. The fraction of sp³-hybridized carbons (Fsp3) is 0.438. The van der Waals surface area contributed by atoms with Gasteiger partial charge in [0.1, 0.15) is 0 Å².